The van der Waals surface area contributed by atoms with Crippen LogP contribution in [0, 0.1) is 0 Å². The number of esters is 1. The molecule has 1 aromatic heterocycles. The molecular weight excluding hydrogens is 234 g/mol. The maximum atomic E-state index is 11.5. The fourth-order valence-electron chi connectivity index (χ4n) is 1.81. The molecule has 0 aliphatic heterocycles. The Morgan fingerprint density at radius 2 is 2.17 bits per heavy atom. The van der Waals surface area contributed by atoms with E-state index in [4.69, 9.17) is 4.74 Å². The van der Waals surface area contributed by atoms with Gasteiger partial charge in [-0.25, -0.2) is 4.79 Å². The molecule has 0 radical (unpaired) electrons. The van der Waals surface area contributed by atoms with Gasteiger partial charge in [0.2, 0.25) is 5.56 Å². The minimum Gasteiger partial charge on any atom is -0.464 e. The van der Waals surface area contributed by atoms with E-state index in [1.165, 1.54) is 6.07 Å². The summed E-state index contributed by atoms with van der Waals surface area (Å²) in [6.45, 7) is 1.83. The highest BCUT2D eigenvalue weighted by Crippen LogP contribution is 2.22. The lowest BCUT2D eigenvalue weighted by molar-refractivity contribution is -0.153. The summed E-state index contributed by atoms with van der Waals surface area (Å²) in [6.07, 6.45) is -1.45. The number of H-pyrrole nitrogens is 1. The van der Waals surface area contributed by atoms with Crippen molar-refractivity contribution in [2.24, 2.45) is 0 Å². The van der Waals surface area contributed by atoms with Crippen molar-refractivity contribution in [3.8, 4) is 0 Å². The number of hydrogen-bond donors (Lipinski definition) is 2. The second-order valence-corrected chi connectivity index (χ2v) is 3.79. The van der Waals surface area contributed by atoms with Crippen molar-refractivity contribution in [2.45, 2.75) is 13.0 Å². The average molecular weight is 247 g/mol. The standard InChI is InChI=1S/C13H13NO4/c1-2-18-13(17)12(16)9-7-11(15)14-10-6-4-3-5-8(9)10/h3-7,12,16H,2H2,1H3,(H,14,15). The number of pyridine rings is 1. The lowest BCUT2D eigenvalue weighted by atomic mass is 10.0. The van der Waals surface area contributed by atoms with Crippen molar-refractivity contribution >= 4 is 16.9 Å². The number of aliphatic hydroxyl groups is 1. The molecular formula is C13H13NO4. The number of ether oxygens (including phenoxy) is 1. The van der Waals surface area contributed by atoms with Gasteiger partial charge in [-0.2, -0.15) is 0 Å². The molecule has 94 valence electrons. The fourth-order valence-corrected chi connectivity index (χ4v) is 1.81. The molecule has 2 aromatic rings. The number of aromatic nitrogens is 1. The van der Waals surface area contributed by atoms with Crippen LogP contribution in [0.15, 0.2) is 35.1 Å². The van der Waals surface area contributed by atoms with E-state index < -0.39 is 12.1 Å². The van der Waals surface area contributed by atoms with Crippen LogP contribution < -0.4 is 5.56 Å². The number of carbonyl (C=O) groups excluding carboxylic acids is 1. The van der Waals surface area contributed by atoms with E-state index in [1.54, 1.807) is 31.2 Å². The minimum absolute atomic E-state index is 0.178. The normalized spacial score (nSPS) is 12.3. The maximum absolute atomic E-state index is 11.5. The molecule has 0 aliphatic carbocycles. The van der Waals surface area contributed by atoms with Crippen molar-refractivity contribution in [2.75, 3.05) is 6.61 Å². The van der Waals surface area contributed by atoms with Crippen LogP contribution in [-0.4, -0.2) is 22.7 Å². The SMILES string of the molecule is CCOC(=O)C(O)c1cc(=O)[nH]c2ccccc12. The van der Waals surface area contributed by atoms with Crippen molar-refractivity contribution in [3.63, 3.8) is 0 Å². The smallest absolute Gasteiger partial charge is 0.339 e. The zero-order chi connectivity index (χ0) is 13.1. The predicted molar refractivity (Wildman–Crippen MR) is 66.2 cm³/mol. The molecule has 5 heteroatoms. The molecule has 0 bridgehead atoms. The van der Waals surface area contributed by atoms with Crippen LogP contribution in [0.3, 0.4) is 0 Å². The Kier molecular flexibility index (Phi) is 3.43. The Morgan fingerprint density at radius 1 is 1.44 bits per heavy atom. The summed E-state index contributed by atoms with van der Waals surface area (Å²) in [5.74, 6) is -0.756. The number of rotatable bonds is 3. The van der Waals surface area contributed by atoms with E-state index in [-0.39, 0.29) is 17.7 Å². The molecule has 1 atom stereocenters. The van der Waals surface area contributed by atoms with Crippen molar-refractivity contribution < 1.29 is 14.6 Å². The number of aromatic amines is 1. The molecule has 0 saturated heterocycles. The number of aliphatic hydroxyl groups excluding tert-OH is 1. The molecule has 0 fully saturated rings. The molecule has 1 unspecified atom stereocenters. The van der Waals surface area contributed by atoms with Crippen LogP contribution in [0.1, 0.15) is 18.6 Å². The summed E-state index contributed by atoms with van der Waals surface area (Å²) in [5, 5.41) is 10.5. The van der Waals surface area contributed by atoms with Crippen LogP contribution >= 0.6 is 0 Å². The first-order valence-electron chi connectivity index (χ1n) is 5.60. The van der Waals surface area contributed by atoms with Crippen LogP contribution in [0.2, 0.25) is 0 Å². The maximum Gasteiger partial charge on any atom is 0.339 e. The third-order valence-corrected chi connectivity index (χ3v) is 2.59. The molecule has 0 saturated carbocycles. The highest BCUT2D eigenvalue weighted by Gasteiger charge is 2.21. The summed E-state index contributed by atoms with van der Waals surface area (Å²) >= 11 is 0. The van der Waals surface area contributed by atoms with Gasteiger partial charge in [0, 0.05) is 22.5 Å². The summed E-state index contributed by atoms with van der Waals surface area (Å²) in [5.41, 5.74) is 0.461. The Bertz CT molecular complexity index is 632. The highest BCUT2D eigenvalue weighted by molar-refractivity contribution is 5.87. The topological polar surface area (TPSA) is 79.4 Å². The quantitative estimate of drug-likeness (QED) is 0.797. The largest absolute Gasteiger partial charge is 0.464 e. The molecule has 2 N–H and O–H groups in total. The van der Waals surface area contributed by atoms with Crippen molar-refractivity contribution in [1.29, 1.82) is 0 Å². The molecule has 18 heavy (non-hydrogen) atoms. The molecule has 2 rings (SSSR count). The first kappa shape index (κ1) is 12.3. The Balaban J connectivity index is 2.56. The first-order valence-corrected chi connectivity index (χ1v) is 5.60. The second kappa shape index (κ2) is 5.01. The molecule has 0 spiro atoms. The summed E-state index contributed by atoms with van der Waals surface area (Å²) < 4.78 is 4.75. The van der Waals surface area contributed by atoms with Gasteiger partial charge in [0.1, 0.15) is 0 Å². The Labute approximate surface area is 103 Å². The van der Waals surface area contributed by atoms with Gasteiger partial charge in [0.25, 0.3) is 0 Å². The van der Waals surface area contributed by atoms with Crippen LogP contribution in [-0.2, 0) is 9.53 Å². The average Bonchev–Trinajstić information content (AvgIpc) is 2.37. The summed E-state index contributed by atoms with van der Waals surface area (Å²) in [7, 11) is 0. The molecule has 1 heterocycles. The van der Waals surface area contributed by atoms with Crippen LogP contribution in [0.25, 0.3) is 10.9 Å². The van der Waals surface area contributed by atoms with Gasteiger partial charge in [-0.1, -0.05) is 18.2 Å². The zero-order valence-electron chi connectivity index (χ0n) is 9.84. The van der Waals surface area contributed by atoms with Gasteiger partial charge in [0.05, 0.1) is 6.61 Å². The Hall–Kier alpha value is -2.14. The number of benzene rings is 1. The van der Waals surface area contributed by atoms with Gasteiger partial charge in [-0.05, 0) is 13.0 Å². The number of nitrogens with one attached hydrogen (secondary N) is 1. The molecule has 5 nitrogen and oxygen atoms in total. The molecule has 0 amide bonds. The van der Waals surface area contributed by atoms with E-state index in [1.807, 2.05) is 0 Å². The van der Waals surface area contributed by atoms with Crippen molar-refractivity contribution in [3.05, 3.63) is 46.2 Å². The first-order chi connectivity index (χ1) is 8.63. The number of fused-ring (bicyclic) bond motifs is 1. The fraction of sp³-hybridized carbons (Fsp3) is 0.231. The number of para-hydroxylation sites is 1. The Morgan fingerprint density at radius 3 is 2.89 bits per heavy atom. The van der Waals surface area contributed by atoms with Crippen LogP contribution in [0.4, 0.5) is 0 Å². The van der Waals surface area contributed by atoms with Gasteiger partial charge < -0.3 is 14.8 Å². The van der Waals surface area contributed by atoms with Crippen LogP contribution in [0.5, 0.6) is 0 Å². The van der Waals surface area contributed by atoms with E-state index in [2.05, 4.69) is 4.98 Å². The number of hydrogen-bond acceptors (Lipinski definition) is 4. The van der Waals surface area contributed by atoms with E-state index >= 15 is 0 Å². The second-order valence-electron chi connectivity index (χ2n) is 3.79. The van der Waals surface area contributed by atoms with Gasteiger partial charge in [0.15, 0.2) is 6.10 Å². The predicted octanol–water partition coefficient (Wildman–Crippen LogP) is 1.12. The monoisotopic (exact) mass is 247 g/mol. The van der Waals surface area contributed by atoms with Gasteiger partial charge >= 0.3 is 5.97 Å². The summed E-state index contributed by atoms with van der Waals surface area (Å²) in [6, 6.07) is 8.17. The van der Waals surface area contributed by atoms with Crippen molar-refractivity contribution in [1.82, 2.24) is 4.98 Å². The van der Waals surface area contributed by atoms with E-state index in [9.17, 15) is 14.7 Å². The minimum atomic E-state index is -1.45. The summed E-state index contributed by atoms with van der Waals surface area (Å²) in [4.78, 5) is 25.6. The molecule has 1 aromatic carbocycles. The molecule has 0 aliphatic rings. The van der Waals surface area contributed by atoms with Gasteiger partial charge in [-0.3, -0.25) is 4.79 Å². The lowest BCUT2D eigenvalue weighted by Gasteiger charge is -2.12. The lowest BCUT2D eigenvalue weighted by Crippen LogP contribution is -2.18. The number of carbonyl (C=O) groups is 1. The zero-order valence-corrected chi connectivity index (χ0v) is 9.84. The van der Waals surface area contributed by atoms with E-state index in [0.717, 1.165) is 0 Å². The van der Waals surface area contributed by atoms with Gasteiger partial charge in [-0.15, -0.1) is 0 Å². The highest BCUT2D eigenvalue weighted by atomic mass is 16.5. The third kappa shape index (κ3) is 2.26. The van der Waals surface area contributed by atoms with E-state index in [0.29, 0.717) is 10.9 Å². The third-order valence-electron chi connectivity index (χ3n) is 2.59.